The molecule has 33 heavy (non-hydrogen) atoms. The number of carbonyl (C=O) groups is 1. The van der Waals surface area contributed by atoms with Crippen LogP contribution < -0.4 is 4.74 Å². The molecule has 1 aliphatic heterocycles. The van der Waals surface area contributed by atoms with Gasteiger partial charge in [-0.25, -0.2) is 0 Å². The fourth-order valence-corrected chi connectivity index (χ4v) is 5.11. The Hall–Kier alpha value is -2.80. The number of ether oxygens (including phenoxy) is 1. The van der Waals surface area contributed by atoms with Crippen molar-refractivity contribution >= 4 is 17.7 Å². The Kier molecular flexibility index (Phi) is 8.05. The Labute approximate surface area is 200 Å². The summed E-state index contributed by atoms with van der Waals surface area (Å²) in [5.74, 6) is 1.87. The van der Waals surface area contributed by atoms with Crippen LogP contribution in [0.4, 0.5) is 0 Å². The zero-order chi connectivity index (χ0) is 23.0. The highest BCUT2D eigenvalue weighted by Crippen LogP contribution is 2.29. The normalized spacial score (nSPS) is 15.2. The van der Waals surface area contributed by atoms with E-state index >= 15 is 0 Å². The van der Waals surface area contributed by atoms with Crippen LogP contribution in [0.3, 0.4) is 0 Å². The first-order chi connectivity index (χ1) is 16.2. The van der Waals surface area contributed by atoms with Gasteiger partial charge in [0.2, 0.25) is 5.91 Å². The summed E-state index contributed by atoms with van der Waals surface area (Å²) in [6, 6.07) is 18.2. The molecule has 1 atom stereocenters. The van der Waals surface area contributed by atoms with Gasteiger partial charge >= 0.3 is 0 Å². The van der Waals surface area contributed by atoms with Crippen LogP contribution in [0.1, 0.15) is 50.9 Å². The summed E-state index contributed by atoms with van der Waals surface area (Å²) in [5.41, 5.74) is 2.13. The maximum atomic E-state index is 13.1. The third kappa shape index (κ3) is 5.96. The topological polar surface area (TPSA) is 60.2 Å². The molecule has 2 heterocycles. The van der Waals surface area contributed by atoms with E-state index in [-0.39, 0.29) is 11.2 Å². The highest BCUT2D eigenvalue weighted by Gasteiger charge is 2.25. The molecule has 3 aromatic rings. The van der Waals surface area contributed by atoms with E-state index in [4.69, 9.17) is 4.74 Å². The molecule has 7 heteroatoms. The van der Waals surface area contributed by atoms with Gasteiger partial charge in [0, 0.05) is 25.2 Å². The summed E-state index contributed by atoms with van der Waals surface area (Å²) in [7, 11) is 0. The van der Waals surface area contributed by atoms with E-state index in [1.54, 1.807) is 0 Å². The SMILES string of the molecule is CCOc1ccc(-n2c(Cc3ccccc3)nnc2SC(C)C(=O)N2CCCCCC2)cc1. The van der Waals surface area contributed by atoms with Gasteiger partial charge in [0.25, 0.3) is 0 Å². The van der Waals surface area contributed by atoms with Crippen LogP contribution in [0, 0.1) is 0 Å². The average molecular weight is 465 g/mol. The number of likely N-dealkylation sites (tertiary alicyclic amines) is 1. The van der Waals surface area contributed by atoms with Crippen molar-refractivity contribution in [2.24, 2.45) is 0 Å². The Morgan fingerprint density at radius 3 is 2.36 bits per heavy atom. The van der Waals surface area contributed by atoms with E-state index in [0.717, 1.165) is 48.3 Å². The molecule has 1 aliphatic rings. The number of amides is 1. The number of benzene rings is 2. The number of aromatic nitrogens is 3. The van der Waals surface area contributed by atoms with E-state index in [1.165, 1.54) is 30.2 Å². The maximum Gasteiger partial charge on any atom is 0.235 e. The van der Waals surface area contributed by atoms with Gasteiger partial charge in [-0.15, -0.1) is 10.2 Å². The van der Waals surface area contributed by atoms with Crippen molar-refractivity contribution in [2.75, 3.05) is 19.7 Å². The molecule has 174 valence electrons. The number of carbonyl (C=O) groups excluding carboxylic acids is 1. The van der Waals surface area contributed by atoms with Crippen LogP contribution in [0.25, 0.3) is 5.69 Å². The van der Waals surface area contributed by atoms with Gasteiger partial charge in [0.15, 0.2) is 5.16 Å². The molecule has 4 rings (SSSR count). The lowest BCUT2D eigenvalue weighted by Gasteiger charge is -2.23. The molecule has 1 fully saturated rings. The fourth-order valence-electron chi connectivity index (χ4n) is 4.14. The minimum atomic E-state index is -0.224. The summed E-state index contributed by atoms with van der Waals surface area (Å²) < 4.78 is 7.68. The van der Waals surface area contributed by atoms with Crippen molar-refractivity contribution in [1.82, 2.24) is 19.7 Å². The van der Waals surface area contributed by atoms with E-state index in [9.17, 15) is 4.79 Å². The van der Waals surface area contributed by atoms with Gasteiger partial charge in [-0.1, -0.05) is 54.9 Å². The molecule has 1 saturated heterocycles. The van der Waals surface area contributed by atoms with Crippen molar-refractivity contribution in [3.8, 4) is 11.4 Å². The van der Waals surface area contributed by atoms with E-state index < -0.39 is 0 Å². The zero-order valence-corrected chi connectivity index (χ0v) is 20.3. The third-order valence-electron chi connectivity index (χ3n) is 5.86. The first-order valence-electron chi connectivity index (χ1n) is 11.8. The second kappa shape index (κ2) is 11.4. The molecule has 0 N–H and O–H groups in total. The molecule has 1 aromatic heterocycles. The van der Waals surface area contributed by atoms with Crippen molar-refractivity contribution in [3.63, 3.8) is 0 Å². The van der Waals surface area contributed by atoms with Crippen molar-refractivity contribution in [2.45, 2.75) is 56.4 Å². The second-order valence-corrected chi connectivity index (χ2v) is 9.63. The fraction of sp³-hybridized carbons (Fsp3) is 0.423. The third-order valence-corrected chi connectivity index (χ3v) is 6.89. The lowest BCUT2D eigenvalue weighted by Crippen LogP contribution is -2.37. The molecule has 0 spiro atoms. The second-order valence-electron chi connectivity index (χ2n) is 8.32. The van der Waals surface area contributed by atoms with E-state index in [1.807, 2.05) is 61.2 Å². The number of hydrogen-bond acceptors (Lipinski definition) is 5. The predicted octanol–water partition coefficient (Wildman–Crippen LogP) is 5.14. The number of hydrogen-bond donors (Lipinski definition) is 0. The van der Waals surface area contributed by atoms with Crippen LogP contribution in [0.2, 0.25) is 0 Å². The average Bonchev–Trinajstić information content (AvgIpc) is 3.04. The van der Waals surface area contributed by atoms with Gasteiger partial charge in [0.05, 0.1) is 11.9 Å². The molecule has 0 bridgehead atoms. The van der Waals surface area contributed by atoms with Crippen molar-refractivity contribution in [3.05, 3.63) is 66.0 Å². The zero-order valence-electron chi connectivity index (χ0n) is 19.4. The van der Waals surface area contributed by atoms with Gasteiger partial charge in [-0.3, -0.25) is 9.36 Å². The van der Waals surface area contributed by atoms with Crippen molar-refractivity contribution < 1.29 is 9.53 Å². The van der Waals surface area contributed by atoms with Crippen LogP contribution in [0.5, 0.6) is 5.75 Å². The first-order valence-corrected chi connectivity index (χ1v) is 12.7. The van der Waals surface area contributed by atoms with Gasteiger partial charge in [0.1, 0.15) is 11.6 Å². The van der Waals surface area contributed by atoms with Crippen molar-refractivity contribution in [1.29, 1.82) is 0 Å². The number of nitrogens with zero attached hydrogens (tertiary/aromatic N) is 4. The smallest absolute Gasteiger partial charge is 0.235 e. The number of thioether (sulfide) groups is 1. The van der Waals surface area contributed by atoms with Gasteiger partial charge < -0.3 is 9.64 Å². The maximum absolute atomic E-state index is 13.1. The lowest BCUT2D eigenvalue weighted by atomic mass is 10.1. The molecular weight excluding hydrogens is 432 g/mol. The summed E-state index contributed by atoms with van der Waals surface area (Å²) in [6.07, 6.45) is 5.26. The van der Waals surface area contributed by atoms with E-state index in [2.05, 4.69) is 26.9 Å². The molecule has 1 unspecified atom stereocenters. The molecule has 1 amide bonds. The van der Waals surface area contributed by atoms with Crippen LogP contribution in [-0.2, 0) is 11.2 Å². The Bertz CT molecular complexity index is 1030. The van der Waals surface area contributed by atoms with Gasteiger partial charge in [-0.05, 0) is 56.5 Å². The summed E-state index contributed by atoms with van der Waals surface area (Å²) >= 11 is 1.49. The molecule has 0 aliphatic carbocycles. The summed E-state index contributed by atoms with van der Waals surface area (Å²) in [4.78, 5) is 15.2. The Morgan fingerprint density at radius 2 is 1.70 bits per heavy atom. The molecule has 0 saturated carbocycles. The minimum absolute atomic E-state index is 0.188. The molecule has 2 aromatic carbocycles. The largest absolute Gasteiger partial charge is 0.494 e. The van der Waals surface area contributed by atoms with Crippen LogP contribution in [-0.4, -0.2) is 50.5 Å². The van der Waals surface area contributed by atoms with Gasteiger partial charge in [-0.2, -0.15) is 0 Å². The highest BCUT2D eigenvalue weighted by atomic mass is 32.2. The van der Waals surface area contributed by atoms with Crippen LogP contribution in [0.15, 0.2) is 59.8 Å². The Morgan fingerprint density at radius 1 is 1.00 bits per heavy atom. The Balaban J connectivity index is 1.60. The first kappa shape index (κ1) is 23.4. The standard InChI is InChI=1S/C26H32N4O2S/c1-3-32-23-15-13-22(14-16-23)30-24(19-21-11-7-6-8-12-21)27-28-26(30)33-20(2)25(31)29-17-9-4-5-10-18-29/h6-8,11-16,20H,3-5,9-10,17-19H2,1-2H3. The monoisotopic (exact) mass is 464 g/mol. The minimum Gasteiger partial charge on any atom is -0.494 e. The molecule has 6 nitrogen and oxygen atoms in total. The predicted molar refractivity (Wildman–Crippen MR) is 132 cm³/mol. The summed E-state index contributed by atoms with van der Waals surface area (Å²) in [5, 5.41) is 9.54. The lowest BCUT2D eigenvalue weighted by molar-refractivity contribution is -0.130. The van der Waals surface area contributed by atoms with E-state index in [0.29, 0.717) is 13.0 Å². The van der Waals surface area contributed by atoms with Crippen LogP contribution >= 0.6 is 11.8 Å². The number of rotatable bonds is 8. The molecular formula is C26H32N4O2S. The quantitative estimate of drug-likeness (QED) is 0.432. The highest BCUT2D eigenvalue weighted by molar-refractivity contribution is 8.00. The molecule has 0 radical (unpaired) electrons. The summed E-state index contributed by atoms with van der Waals surface area (Å²) in [6.45, 7) is 6.29.